The molecule has 1 aliphatic rings. The predicted octanol–water partition coefficient (Wildman–Crippen LogP) is 4.83. The second kappa shape index (κ2) is 11.3. The average Bonchev–Trinajstić information content (AvgIpc) is 3.28. The molecule has 5 rings (SSSR count). The first-order valence-corrected chi connectivity index (χ1v) is 14.2. The molecule has 1 saturated heterocycles. The molecular formula is C32H40N6O2. The van der Waals surface area contributed by atoms with Crippen molar-refractivity contribution < 1.29 is 4.79 Å². The van der Waals surface area contributed by atoms with E-state index in [1.165, 1.54) is 0 Å². The molecular weight excluding hydrogens is 500 g/mol. The molecule has 40 heavy (non-hydrogen) atoms. The standard InChI is InChI=1S/C32H40N6O2/c1-7-23-14-22(5)35-32(40)27(23)18-34-31(39)26-15-25(16-28-30(26)21(4)19-38(28)20(2)3)24-8-9-29(33-17-24)37-12-10-36(6)11-13-37/h8-9,14-17,19-20H,7,10-13,18H2,1-6H3,(H,34,39)(H,35,40). The second-order valence-corrected chi connectivity index (χ2v) is 11.2. The van der Waals surface area contributed by atoms with Crippen LogP contribution in [-0.2, 0) is 13.0 Å². The zero-order valence-electron chi connectivity index (χ0n) is 24.5. The zero-order chi connectivity index (χ0) is 28.6. The maximum atomic E-state index is 13.8. The number of anilines is 1. The van der Waals surface area contributed by atoms with Gasteiger partial charge in [-0.05, 0) is 88.2 Å². The smallest absolute Gasteiger partial charge is 0.253 e. The molecule has 0 bridgehead atoms. The molecule has 4 aromatic rings. The number of carbonyl (C=O) groups excluding carboxylic acids is 1. The number of aromatic nitrogens is 3. The lowest BCUT2D eigenvalue weighted by atomic mass is 9.98. The molecule has 0 saturated carbocycles. The van der Waals surface area contributed by atoms with E-state index in [1.54, 1.807) is 0 Å². The maximum absolute atomic E-state index is 13.8. The predicted molar refractivity (Wildman–Crippen MR) is 162 cm³/mol. The molecule has 8 heteroatoms. The number of hydrogen-bond acceptors (Lipinski definition) is 5. The lowest BCUT2D eigenvalue weighted by Crippen LogP contribution is -2.44. The van der Waals surface area contributed by atoms with E-state index in [9.17, 15) is 9.59 Å². The normalized spacial score (nSPS) is 14.3. The van der Waals surface area contributed by atoms with Crippen LogP contribution in [-0.4, -0.2) is 58.6 Å². The number of nitrogens with zero attached hydrogens (tertiary/aromatic N) is 4. The molecule has 2 N–H and O–H groups in total. The Morgan fingerprint density at radius 2 is 1.82 bits per heavy atom. The molecule has 0 aliphatic carbocycles. The Morgan fingerprint density at radius 1 is 1.07 bits per heavy atom. The number of hydrogen-bond donors (Lipinski definition) is 2. The van der Waals surface area contributed by atoms with E-state index in [-0.39, 0.29) is 24.1 Å². The first kappa shape index (κ1) is 27.6. The highest BCUT2D eigenvalue weighted by Crippen LogP contribution is 2.33. The fraction of sp³-hybridized carbons (Fsp3) is 0.406. The number of piperazine rings is 1. The van der Waals surface area contributed by atoms with Crippen LogP contribution in [0.15, 0.2) is 47.5 Å². The minimum absolute atomic E-state index is 0.148. The number of aromatic amines is 1. The number of likely N-dealkylation sites (N-methyl/N-ethyl adjacent to an activating group) is 1. The van der Waals surface area contributed by atoms with Gasteiger partial charge in [0.15, 0.2) is 0 Å². The topological polar surface area (TPSA) is 86.3 Å². The highest BCUT2D eigenvalue weighted by Gasteiger charge is 2.20. The Balaban J connectivity index is 1.51. The van der Waals surface area contributed by atoms with E-state index >= 15 is 0 Å². The van der Waals surface area contributed by atoms with Crippen LogP contribution < -0.4 is 15.8 Å². The van der Waals surface area contributed by atoms with Gasteiger partial charge in [0, 0.05) is 84.4 Å². The van der Waals surface area contributed by atoms with Crippen LogP contribution in [0.25, 0.3) is 22.0 Å². The van der Waals surface area contributed by atoms with Crippen molar-refractivity contribution in [2.24, 2.45) is 0 Å². The first-order chi connectivity index (χ1) is 19.2. The van der Waals surface area contributed by atoms with Gasteiger partial charge in [0.05, 0.1) is 0 Å². The Hall–Kier alpha value is -3.91. The van der Waals surface area contributed by atoms with E-state index in [0.29, 0.717) is 11.1 Å². The van der Waals surface area contributed by atoms with Gasteiger partial charge >= 0.3 is 0 Å². The molecule has 8 nitrogen and oxygen atoms in total. The molecule has 1 fully saturated rings. The molecule has 0 spiro atoms. The van der Waals surface area contributed by atoms with Crippen molar-refractivity contribution in [2.45, 2.75) is 53.6 Å². The van der Waals surface area contributed by atoms with Gasteiger partial charge in [-0.2, -0.15) is 0 Å². The van der Waals surface area contributed by atoms with Crippen LogP contribution in [0.4, 0.5) is 5.82 Å². The lowest BCUT2D eigenvalue weighted by molar-refractivity contribution is 0.0952. The lowest BCUT2D eigenvalue weighted by Gasteiger charge is -2.33. The van der Waals surface area contributed by atoms with Crippen LogP contribution >= 0.6 is 0 Å². The Morgan fingerprint density at radius 3 is 2.48 bits per heavy atom. The summed E-state index contributed by atoms with van der Waals surface area (Å²) in [6.45, 7) is 14.4. The van der Waals surface area contributed by atoms with Crippen molar-refractivity contribution in [3.63, 3.8) is 0 Å². The fourth-order valence-electron chi connectivity index (χ4n) is 5.70. The summed E-state index contributed by atoms with van der Waals surface area (Å²) in [4.78, 5) is 38.8. The summed E-state index contributed by atoms with van der Waals surface area (Å²) < 4.78 is 2.22. The summed E-state index contributed by atoms with van der Waals surface area (Å²) in [6, 6.07) is 10.5. The van der Waals surface area contributed by atoms with Crippen molar-refractivity contribution in [2.75, 3.05) is 38.1 Å². The van der Waals surface area contributed by atoms with Crippen LogP contribution in [0.5, 0.6) is 0 Å². The molecule has 0 unspecified atom stereocenters. The quantitative estimate of drug-likeness (QED) is 0.351. The summed E-state index contributed by atoms with van der Waals surface area (Å²) in [6.07, 6.45) is 4.75. The van der Waals surface area contributed by atoms with Gasteiger partial charge in [0.2, 0.25) is 0 Å². The third kappa shape index (κ3) is 5.41. The van der Waals surface area contributed by atoms with Crippen molar-refractivity contribution >= 4 is 22.6 Å². The molecule has 1 aliphatic heterocycles. The largest absolute Gasteiger partial charge is 0.354 e. The number of rotatable bonds is 7. The van der Waals surface area contributed by atoms with Crippen molar-refractivity contribution in [3.05, 3.63) is 81.0 Å². The molecule has 4 heterocycles. The van der Waals surface area contributed by atoms with Gasteiger partial charge in [0.1, 0.15) is 5.82 Å². The van der Waals surface area contributed by atoms with Crippen LogP contribution in [0.1, 0.15) is 59.6 Å². The summed E-state index contributed by atoms with van der Waals surface area (Å²) in [5, 5.41) is 3.98. The minimum atomic E-state index is -0.194. The zero-order valence-corrected chi connectivity index (χ0v) is 24.5. The van der Waals surface area contributed by atoms with Crippen LogP contribution in [0.2, 0.25) is 0 Å². The SMILES string of the molecule is CCc1cc(C)[nH]c(=O)c1CNC(=O)c1cc(-c2ccc(N3CCN(C)CC3)nc2)cc2c1c(C)cn2C(C)C. The van der Waals surface area contributed by atoms with Crippen molar-refractivity contribution in [3.8, 4) is 11.1 Å². The van der Waals surface area contributed by atoms with Gasteiger partial charge in [-0.25, -0.2) is 4.98 Å². The third-order valence-corrected chi connectivity index (χ3v) is 8.00. The van der Waals surface area contributed by atoms with Gasteiger partial charge in [0.25, 0.3) is 11.5 Å². The Kier molecular flexibility index (Phi) is 7.81. The number of amides is 1. The first-order valence-electron chi connectivity index (χ1n) is 14.2. The highest BCUT2D eigenvalue weighted by molar-refractivity contribution is 6.09. The number of nitrogens with one attached hydrogen (secondary N) is 2. The summed E-state index contributed by atoms with van der Waals surface area (Å²) in [7, 11) is 2.15. The van der Waals surface area contributed by atoms with Crippen LogP contribution in [0, 0.1) is 13.8 Å². The van der Waals surface area contributed by atoms with Crippen molar-refractivity contribution in [1.82, 2.24) is 24.8 Å². The van der Waals surface area contributed by atoms with Gasteiger partial charge in [-0.1, -0.05) is 6.92 Å². The molecule has 3 aromatic heterocycles. The number of H-pyrrole nitrogens is 1. The number of benzene rings is 1. The van der Waals surface area contributed by atoms with E-state index in [0.717, 1.165) is 77.3 Å². The number of carbonyl (C=O) groups is 1. The monoisotopic (exact) mass is 540 g/mol. The van der Waals surface area contributed by atoms with E-state index in [1.807, 2.05) is 39.1 Å². The molecule has 210 valence electrons. The third-order valence-electron chi connectivity index (χ3n) is 8.00. The number of aryl methyl sites for hydroxylation is 3. The average molecular weight is 541 g/mol. The van der Waals surface area contributed by atoms with E-state index in [2.05, 4.69) is 70.0 Å². The minimum Gasteiger partial charge on any atom is -0.354 e. The van der Waals surface area contributed by atoms with Crippen molar-refractivity contribution in [1.29, 1.82) is 0 Å². The highest BCUT2D eigenvalue weighted by atomic mass is 16.1. The summed E-state index contributed by atoms with van der Waals surface area (Å²) in [5.41, 5.74) is 6.81. The second-order valence-electron chi connectivity index (χ2n) is 11.2. The fourth-order valence-corrected chi connectivity index (χ4v) is 5.70. The molecule has 1 aromatic carbocycles. The summed E-state index contributed by atoms with van der Waals surface area (Å²) in [5.74, 6) is 0.785. The number of pyridine rings is 2. The molecule has 0 atom stereocenters. The Bertz CT molecular complexity index is 1590. The maximum Gasteiger partial charge on any atom is 0.253 e. The van der Waals surface area contributed by atoms with Gasteiger partial charge in [-0.15, -0.1) is 0 Å². The Labute approximate surface area is 236 Å². The van der Waals surface area contributed by atoms with E-state index in [4.69, 9.17) is 4.98 Å². The van der Waals surface area contributed by atoms with Crippen LogP contribution in [0.3, 0.4) is 0 Å². The number of fused-ring (bicyclic) bond motifs is 1. The van der Waals surface area contributed by atoms with Gasteiger partial charge < -0.3 is 24.7 Å². The van der Waals surface area contributed by atoms with E-state index < -0.39 is 0 Å². The van der Waals surface area contributed by atoms with Gasteiger partial charge in [-0.3, -0.25) is 9.59 Å². The molecule has 0 radical (unpaired) electrons. The summed E-state index contributed by atoms with van der Waals surface area (Å²) >= 11 is 0. The molecule has 1 amide bonds.